The summed E-state index contributed by atoms with van der Waals surface area (Å²) in [5.41, 5.74) is 7.83. The number of aryl methyl sites for hydroxylation is 4. The smallest absolute Gasteiger partial charge is 0.226 e. The van der Waals surface area contributed by atoms with Crippen LogP contribution in [0.25, 0.3) is 17.1 Å². The zero-order chi connectivity index (χ0) is 19.7. The maximum absolute atomic E-state index is 5.72. The fraction of sp³-hybridized carbons (Fsp3) is 0.227. The van der Waals surface area contributed by atoms with Crippen molar-refractivity contribution in [3.05, 3.63) is 76.9 Å². The molecular weight excluding hydrogens is 368 g/mol. The van der Waals surface area contributed by atoms with Crippen LogP contribution < -0.4 is 0 Å². The number of oxazole rings is 1. The van der Waals surface area contributed by atoms with Gasteiger partial charge in [-0.05, 0) is 51.0 Å². The molecule has 2 aromatic heterocycles. The molecule has 0 amide bonds. The molecule has 0 fully saturated rings. The van der Waals surface area contributed by atoms with Gasteiger partial charge in [0.25, 0.3) is 0 Å². The monoisotopic (exact) mass is 390 g/mol. The van der Waals surface area contributed by atoms with E-state index in [0.29, 0.717) is 11.6 Å². The SMILES string of the molecule is Cc1ccc(-c2nc(CSc3nncn3-c3ccc(C)cc3C)co2)c(C)c1. The molecule has 0 spiro atoms. The summed E-state index contributed by atoms with van der Waals surface area (Å²) >= 11 is 1.60. The minimum Gasteiger partial charge on any atom is -0.444 e. The Balaban J connectivity index is 1.52. The van der Waals surface area contributed by atoms with Gasteiger partial charge in [-0.15, -0.1) is 10.2 Å². The first-order valence-corrected chi connectivity index (χ1v) is 10.1. The third kappa shape index (κ3) is 3.73. The summed E-state index contributed by atoms with van der Waals surface area (Å²) in [7, 11) is 0. The molecule has 0 saturated heterocycles. The van der Waals surface area contributed by atoms with Gasteiger partial charge >= 0.3 is 0 Å². The van der Waals surface area contributed by atoms with Gasteiger partial charge in [-0.1, -0.05) is 47.2 Å². The molecule has 0 atom stereocenters. The van der Waals surface area contributed by atoms with E-state index >= 15 is 0 Å². The lowest BCUT2D eigenvalue weighted by Gasteiger charge is -2.09. The van der Waals surface area contributed by atoms with E-state index in [1.54, 1.807) is 24.4 Å². The lowest BCUT2D eigenvalue weighted by atomic mass is 10.1. The third-order valence-corrected chi connectivity index (χ3v) is 5.62. The first kappa shape index (κ1) is 18.5. The standard InChI is InChI=1S/C22H22N4OS/c1-14-5-7-19(16(3)9-14)21-24-18(11-27-21)12-28-22-25-23-13-26(22)20-8-6-15(2)10-17(20)4/h5-11,13H,12H2,1-4H3. The van der Waals surface area contributed by atoms with Gasteiger partial charge in [0, 0.05) is 11.3 Å². The molecule has 0 aliphatic carbocycles. The van der Waals surface area contributed by atoms with Crippen LogP contribution in [0, 0.1) is 27.7 Å². The van der Waals surface area contributed by atoms with Crippen LogP contribution in [0.15, 0.2) is 58.6 Å². The Morgan fingerprint density at radius 2 is 1.71 bits per heavy atom. The molecule has 6 heteroatoms. The minimum absolute atomic E-state index is 0.656. The van der Waals surface area contributed by atoms with Crippen molar-refractivity contribution in [2.75, 3.05) is 0 Å². The van der Waals surface area contributed by atoms with Crippen molar-refractivity contribution in [2.24, 2.45) is 0 Å². The second kappa shape index (κ2) is 7.64. The molecule has 2 aromatic carbocycles. The normalized spacial score (nSPS) is 11.1. The number of hydrogen-bond acceptors (Lipinski definition) is 5. The molecule has 142 valence electrons. The predicted octanol–water partition coefficient (Wildman–Crippen LogP) is 5.45. The topological polar surface area (TPSA) is 56.7 Å². The second-order valence-corrected chi connectivity index (χ2v) is 7.97. The molecule has 0 radical (unpaired) electrons. The molecule has 4 rings (SSSR count). The highest BCUT2D eigenvalue weighted by Gasteiger charge is 2.13. The van der Waals surface area contributed by atoms with Gasteiger partial charge in [0.15, 0.2) is 5.16 Å². The highest BCUT2D eigenvalue weighted by Crippen LogP contribution is 2.28. The average molecular weight is 391 g/mol. The maximum atomic E-state index is 5.72. The van der Waals surface area contributed by atoms with Crippen molar-refractivity contribution < 1.29 is 4.42 Å². The Morgan fingerprint density at radius 3 is 2.46 bits per heavy atom. The van der Waals surface area contributed by atoms with Gasteiger partial charge in [-0.2, -0.15) is 0 Å². The number of thioether (sulfide) groups is 1. The first-order valence-electron chi connectivity index (χ1n) is 9.14. The molecule has 28 heavy (non-hydrogen) atoms. The molecule has 0 saturated carbocycles. The summed E-state index contributed by atoms with van der Waals surface area (Å²) in [6, 6.07) is 12.6. The molecular formula is C22H22N4OS. The van der Waals surface area contributed by atoms with E-state index in [0.717, 1.165) is 27.7 Å². The summed E-state index contributed by atoms with van der Waals surface area (Å²) in [5, 5.41) is 9.21. The van der Waals surface area contributed by atoms with E-state index in [1.165, 1.54) is 16.7 Å². The Labute approximate surface area is 168 Å². The van der Waals surface area contributed by atoms with Crippen LogP contribution >= 0.6 is 11.8 Å². The second-order valence-electron chi connectivity index (χ2n) is 7.02. The molecule has 0 aliphatic rings. The zero-order valence-corrected chi connectivity index (χ0v) is 17.2. The molecule has 0 bridgehead atoms. The summed E-state index contributed by atoms with van der Waals surface area (Å²) in [6.45, 7) is 8.36. The molecule has 2 heterocycles. The van der Waals surface area contributed by atoms with Crippen molar-refractivity contribution in [3.63, 3.8) is 0 Å². The van der Waals surface area contributed by atoms with Gasteiger partial charge in [0.2, 0.25) is 5.89 Å². The highest BCUT2D eigenvalue weighted by atomic mass is 32.2. The number of hydrogen-bond donors (Lipinski definition) is 0. The van der Waals surface area contributed by atoms with E-state index in [9.17, 15) is 0 Å². The Kier molecular flexibility index (Phi) is 5.05. The highest BCUT2D eigenvalue weighted by molar-refractivity contribution is 7.98. The average Bonchev–Trinajstić information content (AvgIpc) is 3.29. The molecule has 5 nitrogen and oxygen atoms in total. The lowest BCUT2D eigenvalue weighted by molar-refractivity contribution is 0.573. The van der Waals surface area contributed by atoms with E-state index in [-0.39, 0.29) is 0 Å². The lowest BCUT2D eigenvalue weighted by Crippen LogP contribution is -1.98. The molecule has 0 unspecified atom stereocenters. The van der Waals surface area contributed by atoms with Crippen molar-refractivity contribution in [1.29, 1.82) is 0 Å². The van der Waals surface area contributed by atoms with Crippen molar-refractivity contribution in [3.8, 4) is 17.1 Å². The Bertz CT molecular complexity index is 1130. The van der Waals surface area contributed by atoms with Crippen LogP contribution in [0.3, 0.4) is 0 Å². The zero-order valence-electron chi connectivity index (χ0n) is 16.4. The van der Waals surface area contributed by atoms with E-state index in [4.69, 9.17) is 4.42 Å². The van der Waals surface area contributed by atoms with Crippen molar-refractivity contribution >= 4 is 11.8 Å². The fourth-order valence-corrected chi connectivity index (χ4v) is 4.05. The van der Waals surface area contributed by atoms with Gasteiger partial charge in [0.05, 0.1) is 11.4 Å². The van der Waals surface area contributed by atoms with E-state index < -0.39 is 0 Å². The van der Waals surface area contributed by atoms with Gasteiger partial charge < -0.3 is 4.42 Å². The fourth-order valence-electron chi connectivity index (χ4n) is 3.25. The van der Waals surface area contributed by atoms with Crippen LogP contribution in [0.1, 0.15) is 27.9 Å². The summed E-state index contributed by atoms with van der Waals surface area (Å²) in [4.78, 5) is 4.66. The Morgan fingerprint density at radius 1 is 0.964 bits per heavy atom. The van der Waals surface area contributed by atoms with Gasteiger partial charge in [-0.25, -0.2) is 4.98 Å². The Hall–Kier alpha value is -2.86. The number of nitrogens with zero attached hydrogens (tertiary/aromatic N) is 4. The van der Waals surface area contributed by atoms with Crippen LogP contribution in [-0.2, 0) is 5.75 Å². The summed E-state index contributed by atoms with van der Waals surface area (Å²) < 4.78 is 7.74. The number of benzene rings is 2. The van der Waals surface area contributed by atoms with Gasteiger partial charge in [-0.3, -0.25) is 4.57 Å². The quantitative estimate of drug-likeness (QED) is 0.424. The van der Waals surface area contributed by atoms with E-state index in [2.05, 4.69) is 79.3 Å². The molecule has 0 N–H and O–H groups in total. The molecule has 0 aliphatic heterocycles. The minimum atomic E-state index is 0.656. The van der Waals surface area contributed by atoms with Gasteiger partial charge in [0.1, 0.15) is 12.6 Å². The summed E-state index contributed by atoms with van der Waals surface area (Å²) in [5.74, 6) is 1.32. The van der Waals surface area contributed by atoms with E-state index in [1.807, 2.05) is 4.57 Å². The molecule has 4 aromatic rings. The largest absolute Gasteiger partial charge is 0.444 e. The third-order valence-electron chi connectivity index (χ3n) is 4.64. The van der Waals surface area contributed by atoms with Crippen molar-refractivity contribution in [1.82, 2.24) is 19.7 Å². The van der Waals surface area contributed by atoms with Crippen LogP contribution in [-0.4, -0.2) is 19.7 Å². The predicted molar refractivity (Wildman–Crippen MR) is 112 cm³/mol. The summed E-state index contributed by atoms with van der Waals surface area (Å²) in [6.07, 6.45) is 3.48. The maximum Gasteiger partial charge on any atom is 0.226 e. The van der Waals surface area contributed by atoms with Crippen LogP contribution in [0.5, 0.6) is 0 Å². The van der Waals surface area contributed by atoms with Crippen LogP contribution in [0.4, 0.5) is 0 Å². The first-order chi connectivity index (χ1) is 13.5. The number of rotatable bonds is 5. The van der Waals surface area contributed by atoms with Crippen molar-refractivity contribution in [2.45, 2.75) is 38.6 Å². The number of aromatic nitrogens is 4. The van der Waals surface area contributed by atoms with Crippen LogP contribution in [0.2, 0.25) is 0 Å².